The van der Waals surface area contributed by atoms with E-state index in [-0.39, 0.29) is 5.82 Å². The van der Waals surface area contributed by atoms with E-state index in [1.807, 2.05) is 6.07 Å². The van der Waals surface area contributed by atoms with Gasteiger partial charge in [0, 0.05) is 12.5 Å². The van der Waals surface area contributed by atoms with E-state index in [0.29, 0.717) is 11.3 Å². The van der Waals surface area contributed by atoms with E-state index < -0.39 is 0 Å². The molecule has 1 saturated carbocycles. The largest absolute Gasteiger partial charge is 0.316 e. The Morgan fingerprint density at radius 1 is 1.26 bits per heavy atom. The summed E-state index contributed by atoms with van der Waals surface area (Å²) >= 11 is 0. The van der Waals surface area contributed by atoms with Crippen LogP contribution in [-0.4, -0.2) is 13.1 Å². The lowest BCUT2D eigenvalue weighted by Crippen LogP contribution is -2.48. The molecule has 1 saturated heterocycles. The predicted molar refractivity (Wildman–Crippen MR) is 76.7 cm³/mol. The maximum Gasteiger partial charge on any atom is 0.123 e. The van der Waals surface area contributed by atoms with Crippen molar-refractivity contribution in [1.82, 2.24) is 5.32 Å². The van der Waals surface area contributed by atoms with E-state index in [1.54, 1.807) is 12.1 Å². The Bertz CT molecular complexity index is 439. The summed E-state index contributed by atoms with van der Waals surface area (Å²) in [6, 6.07) is 7.28. The average molecular weight is 261 g/mol. The van der Waals surface area contributed by atoms with Crippen LogP contribution in [0.1, 0.15) is 50.5 Å². The van der Waals surface area contributed by atoms with Crippen LogP contribution >= 0.6 is 0 Å². The standard InChI is InChI=1S/C17H24FN/c1-13-5-2-3-8-17(13)9-10-19-12-16(17)14-6-4-7-15(18)11-14/h4,6-7,11,13,16,19H,2-3,5,8-10,12H2,1H3. The Morgan fingerprint density at radius 2 is 2.16 bits per heavy atom. The van der Waals surface area contributed by atoms with Gasteiger partial charge in [-0.05, 0) is 48.4 Å². The van der Waals surface area contributed by atoms with Crippen LogP contribution in [-0.2, 0) is 0 Å². The van der Waals surface area contributed by atoms with E-state index in [1.165, 1.54) is 37.7 Å². The fourth-order valence-corrected chi connectivity index (χ4v) is 4.45. The zero-order valence-corrected chi connectivity index (χ0v) is 11.8. The molecule has 1 N–H and O–H groups in total. The van der Waals surface area contributed by atoms with Crippen LogP contribution in [0.3, 0.4) is 0 Å². The van der Waals surface area contributed by atoms with Crippen molar-refractivity contribution in [3.05, 3.63) is 35.6 Å². The number of benzene rings is 1. The van der Waals surface area contributed by atoms with Crippen LogP contribution in [0.25, 0.3) is 0 Å². The highest BCUT2D eigenvalue weighted by Gasteiger charge is 2.46. The minimum absolute atomic E-state index is 0.0957. The highest BCUT2D eigenvalue weighted by atomic mass is 19.1. The van der Waals surface area contributed by atoms with E-state index in [2.05, 4.69) is 18.3 Å². The van der Waals surface area contributed by atoms with Gasteiger partial charge in [0.1, 0.15) is 5.82 Å². The fourth-order valence-electron chi connectivity index (χ4n) is 4.45. The summed E-state index contributed by atoms with van der Waals surface area (Å²) in [7, 11) is 0. The van der Waals surface area contributed by atoms with Crippen LogP contribution in [0.5, 0.6) is 0 Å². The van der Waals surface area contributed by atoms with Gasteiger partial charge in [-0.15, -0.1) is 0 Å². The summed E-state index contributed by atoms with van der Waals surface area (Å²) in [6.07, 6.45) is 6.61. The topological polar surface area (TPSA) is 12.0 Å². The van der Waals surface area contributed by atoms with Gasteiger partial charge in [0.15, 0.2) is 0 Å². The normalized spacial score (nSPS) is 35.5. The van der Waals surface area contributed by atoms with Crippen LogP contribution < -0.4 is 5.32 Å². The van der Waals surface area contributed by atoms with Gasteiger partial charge in [-0.1, -0.05) is 38.3 Å². The molecule has 2 fully saturated rings. The molecular weight excluding hydrogens is 237 g/mol. The van der Waals surface area contributed by atoms with E-state index in [0.717, 1.165) is 19.0 Å². The Hall–Kier alpha value is -0.890. The van der Waals surface area contributed by atoms with E-state index in [4.69, 9.17) is 0 Å². The van der Waals surface area contributed by atoms with Gasteiger partial charge < -0.3 is 5.32 Å². The second kappa shape index (κ2) is 5.24. The molecule has 19 heavy (non-hydrogen) atoms. The third kappa shape index (κ3) is 2.31. The molecule has 3 unspecified atom stereocenters. The molecule has 0 bridgehead atoms. The molecule has 1 aliphatic carbocycles. The van der Waals surface area contributed by atoms with Gasteiger partial charge >= 0.3 is 0 Å². The minimum Gasteiger partial charge on any atom is -0.316 e. The van der Waals surface area contributed by atoms with Gasteiger partial charge in [0.25, 0.3) is 0 Å². The number of hydrogen-bond donors (Lipinski definition) is 1. The lowest BCUT2D eigenvalue weighted by Gasteiger charge is -2.51. The monoisotopic (exact) mass is 261 g/mol. The third-order valence-electron chi connectivity index (χ3n) is 5.57. The van der Waals surface area contributed by atoms with Crippen molar-refractivity contribution < 1.29 is 4.39 Å². The first-order valence-electron chi connectivity index (χ1n) is 7.68. The molecule has 3 atom stereocenters. The molecule has 1 aliphatic heterocycles. The Labute approximate surface area is 115 Å². The maximum atomic E-state index is 13.6. The Kier molecular flexibility index (Phi) is 3.62. The average Bonchev–Trinajstić information content (AvgIpc) is 2.43. The first-order valence-corrected chi connectivity index (χ1v) is 7.68. The summed E-state index contributed by atoms with van der Waals surface area (Å²) < 4.78 is 13.6. The lowest BCUT2D eigenvalue weighted by molar-refractivity contribution is 0.0418. The first-order chi connectivity index (χ1) is 9.22. The molecule has 3 rings (SSSR count). The van der Waals surface area contributed by atoms with E-state index in [9.17, 15) is 4.39 Å². The molecule has 1 nitrogen and oxygen atoms in total. The van der Waals surface area contributed by atoms with Crippen molar-refractivity contribution in [3.8, 4) is 0 Å². The van der Waals surface area contributed by atoms with Gasteiger partial charge in [-0.3, -0.25) is 0 Å². The quantitative estimate of drug-likeness (QED) is 0.802. The number of nitrogens with one attached hydrogen (secondary N) is 1. The predicted octanol–water partition coefficient (Wildman–Crippen LogP) is 4.10. The second-order valence-electron chi connectivity index (χ2n) is 6.44. The number of halogens is 1. The molecule has 2 heteroatoms. The number of piperidine rings is 1. The number of rotatable bonds is 1. The smallest absolute Gasteiger partial charge is 0.123 e. The summed E-state index contributed by atoms with van der Waals surface area (Å²) in [5, 5.41) is 3.52. The van der Waals surface area contributed by atoms with Gasteiger partial charge in [-0.2, -0.15) is 0 Å². The van der Waals surface area contributed by atoms with Crippen molar-refractivity contribution in [2.75, 3.05) is 13.1 Å². The van der Waals surface area contributed by atoms with Crippen LogP contribution in [0.4, 0.5) is 4.39 Å². The van der Waals surface area contributed by atoms with Crippen LogP contribution in [0.15, 0.2) is 24.3 Å². The Morgan fingerprint density at radius 3 is 2.95 bits per heavy atom. The molecule has 1 heterocycles. The van der Waals surface area contributed by atoms with Crippen LogP contribution in [0, 0.1) is 17.2 Å². The van der Waals surface area contributed by atoms with Gasteiger partial charge in [0.2, 0.25) is 0 Å². The Balaban J connectivity index is 1.96. The molecule has 104 valence electrons. The second-order valence-corrected chi connectivity index (χ2v) is 6.44. The zero-order chi connectivity index (χ0) is 13.3. The highest BCUT2D eigenvalue weighted by Crippen LogP contribution is 2.54. The molecule has 0 radical (unpaired) electrons. The van der Waals surface area contributed by atoms with Crippen molar-refractivity contribution in [2.24, 2.45) is 11.3 Å². The summed E-state index contributed by atoms with van der Waals surface area (Å²) in [6.45, 7) is 4.54. The van der Waals surface area contributed by atoms with Crippen molar-refractivity contribution in [2.45, 2.75) is 44.9 Å². The summed E-state index contributed by atoms with van der Waals surface area (Å²) in [5.41, 5.74) is 1.60. The molecule has 2 aliphatic rings. The molecule has 1 aromatic rings. The van der Waals surface area contributed by atoms with E-state index >= 15 is 0 Å². The third-order valence-corrected chi connectivity index (χ3v) is 5.57. The minimum atomic E-state index is -0.0957. The van der Waals surface area contributed by atoms with Crippen molar-refractivity contribution in [1.29, 1.82) is 0 Å². The molecular formula is C17H24FN. The molecule has 1 spiro atoms. The first kappa shape index (κ1) is 13.1. The fraction of sp³-hybridized carbons (Fsp3) is 0.647. The molecule has 1 aromatic carbocycles. The highest BCUT2D eigenvalue weighted by molar-refractivity contribution is 5.25. The SMILES string of the molecule is CC1CCCCC12CCNCC2c1cccc(F)c1. The van der Waals surface area contributed by atoms with Crippen molar-refractivity contribution in [3.63, 3.8) is 0 Å². The van der Waals surface area contributed by atoms with Gasteiger partial charge in [-0.25, -0.2) is 4.39 Å². The zero-order valence-electron chi connectivity index (χ0n) is 11.8. The number of hydrogen-bond acceptors (Lipinski definition) is 1. The van der Waals surface area contributed by atoms with Crippen molar-refractivity contribution >= 4 is 0 Å². The molecule has 0 amide bonds. The maximum absolute atomic E-state index is 13.6. The van der Waals surface area contributed by atoms with Gasteiger partial charge in [0.05, 0.1) is 0 Å². The van der Waals surface area contributed by atoms with Crippen LogP contribution in [0.2, 0.25) is 0 Å². The lowest BCUT2D eigenvalue weighted by atomic mass is 9.56. The summed E-state index contributed by atoms with van der Waals surface area (Å²) in [5.74, 6) is 1.14. The summed E-state index contributed by atoms with van der Waals surface area (Å²) in [4.78, 5) is 0. The molecule has 0 aromatic heterocycles.